The lowest BCUT2D eigenvalue weighted by molar-refractivity contribution is -0.137. The zero-order chi connectivity index (χ0) is 23.3. The average Bonchev–Trinajstić information content (AvgIpc) is 2.72. The van der Waals surface area contributed by atoms with Crippen LogP contribution in [-0.2, 0) is 29.2 Å². The van der Waals surface area contributed by atoms with Gasteiger partial charge in [-0.2, -0.15) is 22.5 Å². The fourth-order valence-corrected chi connectivity index (χ4v) is 4.52. The van der Waals surface area contributed by atoms with Crippen molar-refractivity contribution >= 4 is 10.0 Å². The molecule has 0 bridgehead atoms. The highest BCUT2D eigenvalue weighted by atomic mass is 32.2. The minimum absolute atomic E-state index is 0.0342. The number of benzene rings is 2. The maximum absolute atomic E-state index is 14.5. The van der Waals surface area contributed by atoms with Gasteiger partial charge >= 0.3 is 11.9 Å². The number of halogens is 4. The van der Waals surface area contributed by atoms with Crippen molar-refractivity contribution in [2.45, 2.75) is 19.1 Å². The Balaban J connectivity index is 1.95. The van der Waals surface area contributed by atoms with Gasteiger partial charge in [0.1, 0.15) is 5.82 Å². The largest absolute Gasteiger partial charge is 0.416 e. The number of para-hydroxylation sites is 1. The summed E-state index contributed by atoms with van der Waals surface area (Å²) in [6, 6.07) is 9.68. The summed E-state index contributed by atoms with van der Waals surface area (Å²) in [6.45, 7) is -0.0809. The lowest BCUT2D eigenvalue weighted by Gasteiger charge is -2.30. The van der Waals surface area contributed by atoms with Gasteiger partial charge in [0, 0.05) is 36.3 Å². The second kappa shape index (κ2) is 7.82. The summed E-state index contributed by atoms with van der Waals surface area (Å²) >= 11 is 0. The molecule has 6 nitrogen and oxygen atoms in total. The first kappa shape index (κ1) is 22.2. The van der Waals surface area contributed by atoms with E-state index in [0.29, 0.717) is 11.3 Å². The van der Waals surface area contributed by atoms with E-state index < -0.39 is 33.3 Å². The van der Waals surface area contributed by atoms with Gasteiger partial charge < -0.3 is 0 Å². The average molecular weight is 467 g/mol. The number of sulfonamides is 1. The summed E-state index contributed by atoms with van der Waals surface area (Å²) in [7, 11) is -3.59. The Labute approximate surface area is 180 Å². The SMILES string of the molecule is CS(=O)(=O)N1CCc2c(c(-c3ccc(C(F)(F)F)cc3)nc(=O)n2-c2ccccc2F)C1. The summed E-state index contributed by atoms with van der Waals surface area (Å²) in [5.74, 6) is -0.661. The van der Waals surface area contributed by atoms with Crippen molar-refractivity contribution in [1.29, 1.82) is 0 Å². The second-order valence-corrected chi connectivity index (χ2v) is 9.36. The molecule has 2 aromatic carbocycles. The molecule has 1 aromatic heterocycles. The Kier molecular flexibility index (Phi) is 5.41. The highest BCUT2D eigenvalue weighted by Gasteiger charge is 2.32. The summed E-state index contributed by atoms with van der Waals surface area (Å²) in [5, 5.41) is 0. The molecule has 0 saturated heterocycles. The minimum atomic E-state index is -4.54. The van der Waals surface area contributed by atoms with Crippen molar-refractivity contribution in [1.82, 2.24) is 13.9 Å². The van der Waals surface area contributed by atoms with Crippen LogP contribution in [0.2, 0.25) is 0 Å². The topological polar surface area (TPSA) is 72.3 Å². The Morgan fingerprint density at radius 3 is 2.28 bits per heavy atom. The van der Waals surface area contributed by atoms with Crippen LogP contribution in [0, 0.1) is 5.82 Å². The molecule has 0 N–H and O–H groups in total. The molecule has 168 valence electrons. The van der Waals surface area contributed by atoms with Gasteiger partial charge in [0.15, 0.2) is 0 Å². The zero-order valence-electron chi connectivity index (χ0n) is 16.7. The van der Waals surface area contributed by atoms with Crippen LogP contribution in [0.25, 0.3) is 16.9 Å². The first-order valence-electron chi connectivity index (χ1n) is 9.49. The monoisotopic (exact) mass is 467 g/mol. The van der Waals surface area contributed by atoms with E-state index in [1.165, 1.54) is 34.6 Å². The van der Waals surface area contributed by atoms with Crippen molar-refractivity contribution in [3.05, 3.63) is 81.7 Å². The second-order valence-electron chi connectivity index (χ2n) is 7.38. The Morgan fingerprint density at radius 2 is 1.69 bits per heavy atom. The number of alkyl halides is 3. The van der Waals surface area contributed by atoms with E-state index in [1.807, 2.05) is 0 Å². The Morgan fingerprint density at radius 1 is 1.03 bits per heavy atom. The van der Waals surface area contributed by atoms with Crippen LogP contribution in [0.1, 0.15) is 16.8 Å². The molecule has 4 rings (SSSR count). The number of nitrogens with zero attached hydrogens (tertiary/aromatic N) is 3. The van der Waals surface area contributed by atoms with E-state index >= 15 is 0 Å². The standard InChI is InChI=1S/C21H17F4N3O3S/c1-32(30,31)27-11-10-17-15(12-27)19(13-6-8-14(9-7-13)21(23,24)25)26-20(29)28(17)18-5-3-2-4-16(18)22/h2-9H,10-12H2,1H3. The summed E-state index contributed by atoms with van der Waals surface area (Å²) in [6.07, 6.45) is -3.40. The third kappa shape index (κ3) is 4.05. The first-order valence-corrected chi connectivity index (χ1v) is 11.3. The first-order chi connectivity index (χ1) is 15.0. The van der Waals surface area contributed by atoms with Gasteiger partial charge in [-0.05, 0) is 24.3 Å². The molecule has 1 aliphatic heterocycles. The van der Waals surface area contributed by atoms with E-state index in [4.69, 9.17) is 0 Å². The fraction of sp³-hybridized carbons (Fsp3) is 0.238. The molecule has 1 aliphatic rings. The molecule has 0 atom stereocenters. The molecule has 0 unspecified atom stereocenters. The number of rotatable bonds is 3. The number of hydrogen-bond acceptors (Lipinski definition) is 4. The maximum atomic E-state index is 14.5. The van der Waals surface area contributed by atoms with Crippen LogP contribution in [0.3, 0.4) is 0 Å². The van der Waals surface area contributed by atoms with Gasteiger partial charge in [0.25, 0.3) is 0 Å². The van der Waals surface area contributed by atoms with E-state index in [1.54, 1.807) is 6.07 Å². The van der Waals surface area contributed by atoms with Gasteiger partial charge in [0.05, 0.1) is 23.2 Å². The van der Waals surface area contributed by atoms with Gasteiger partial charge in [-0.25, -0.2) is 17.6 Å². The predicted molar refractivity (Wildman–Crippen MR) is 109 cm³/mol. The maximum Gasteiger partial charge on any atom is 0.416 e. The van der Waals surface area contributed by atoms with Crippen LogP contribution in [-0.4, -0.2) is 35.1 Å². The van der Waals surface area contributed by atoms with Crippen LogP contribution >= 0.6 is 0 Å². The Bertz CT molecular complexity index is 1350. The van der Waals surface area contributed by atoms with Crippen LogP contribution in [0.15, 0.2) is 53.3 Å². The molecule has 32 heavy (non-hydrogen) atoms. The number of aromatic nitrogens is 2. The molecular formula is C21H17F4N3O3S. The summed E-state index contributed by atoms with van der Waals surface area (Å²) < 4.78 is 79.8. The van der Waals surface area contributed by atoms with Crippen LogP contribution in [0.5, 0.6) is 0 Å². The van der Waals surface area contributed by atoms with E-state index in [-0.39, 0.29) is 36.5 Å². The molecule has 0 saturated carbocycles. The Hall–Kier alpha value is -3.05. The molecule has 2 heterocycles. The molecule has 0 fully saturated rings. The highest BCUT2D eigenvalue weighted by Crippen LogP contribution is 2.33. The smallest absolute Gasteiger partial charge is 0.262 e. The van der Waals surface area contributed by atoms with E-state index in [0.717, 1.165) is 23.0 Å². The van der Waals surface area contributed by atoms with Crippen molar-refractivity contribution in [3.8, 4) is 16.9 Å². The number of fused-ring (bicyclic) bond motifs is 1. The quantitative estimate of drug-likeness (QED) is 0.554. The molecule has 0 radical (unpaired) electrons. The number of hydrogen-bond donors (Lipinski definition) is 0. The fourth-order valence-electron chi connectivity index (χ4n) is 3.74. The van der Waals surface area contributed by atoms with E-state index in [2.05, 4.69) is 4.98 Å². The van der Waals surface area contributed by atoms with E-state index in [9.17, 15) is 30.8 Å². The lowest BCUT2D eigenvalue weighted by atomic mass is 9.99. The third-order valence-corrected chi connectivity index (χ3v) is 6.53. The molecule has 0 spiro atoms. The highest BCUT2D eigenvalue weighted by molar-refractivity contribution is 7.88. The third-order valence-electron chi connectivity index (χ3n) is 5.28. The molecule has 0 amide bonds. The van der Waals surface area contributed by atoms with Crippen molar-refractivity contribution in [2.75, 3.05) is 12.8 Å². The van der Waals surface area contributed by atoms with Gasteiger partial charge in [0.2, 0.25) is 10.0 Å². The predicted octanol–water partition coefficient (Wildman–Crippen LogP) is 3.38. The molecular weight excluding hydrogens is 450 g/mol. The van der Waals surface area contributed by atoms with Gasteiger partial charge in [-0.15, -0.1) is 0 Å². The summed E-state index contributed by atoms with van der Waals surface area (Å²) in [4.78, 5) is 16.9. The van der Waals surface area contributed by atoms with Crippen molar-refractivity contribution in [3.63, 3.8) is 0 Å². The molecule has 3 aromatic rings. The van der Waals surface area contributed by atoms with Crippen molar-refractivity contribution in [2.24, 2.45) is 0 Å². The van der Waals surface area contributed by atoms with Crippen LogP contribution < -0.4 is 5.69 Å². The van der Waals surface area contributed by atoms with Gasteiger partial charge in [-0.3, -0.25) is 4.57 Å². The summed E-state index contributed by atoms with van der Waals surface area (Å²) in [5.41, 5.74) is -0.714. The van der Waals surface area contributed by atoms with Gasteiger partial charge in [-0.1, -0.05) is 24.3 Å². The molecule has 11 heteroatoms. The van der Waals surface area contributed by atoms with Crippen molar-refractivity contribution < 1.29 is 26.0 Å². The molecule has 0 aliphatic carbocycles. The minimum Gasteiger partial charge on any atom is -0.262 e. The zero-order valence-corrected chi connectivity index (χ0v) is 17.5. The normalized spacial score (nSPS) is 14.9. The lowest BCUT2D eigenvalue weighted by Crippen LogP contribution is -2.39. The van der Waals surface area contributed by atoms with Crippen LogP contribution in [0.4, 0.5) is 17.6 Å².